The van der Waals surface area contributed by atoms with Gasteiger partial charge in [0.2, 0.25) is 11.5 Å². The molecule has 1 heterocycles. The van der Waals surface area contributed by atoms with Crippen molar-refractivity contribution >= 4 is 21.8 Å². The Bertz CT molecular complexity index is 763. The minimum absolute atomic E-state index is 0.106. The largest absolute Gasteiger partial charge is 0.425 e. The second-order valence-corrected chi connectivity index (χ2v) is 6.59. The number of rotatable bonds is 5. The molecule has 1 atom stereocenters. The maximum atomic E-state index is 13.5. The maximum Gasteiger partial charge on any atom is 0.425 e. The molecule has 1 aromatic carbocycles. The fourth-order valence-electron chi connectivity index (χ4n) is 2.39. The summed E-state index contributed by atoms with van der Waals surface area (Å²) >= 11 is 3.33. The SMILES string of the molecule is CN(Cc1ccccc1Br)C(=O)CC(O)(c1nccn1C)C(F)(F)F. The summed E-state index contributed by atoms with van der Waals surface area (Å²) in [6.45, 7) is 0.106. The van der Waals surface area contributed by atoms with Crippen molar-refractivity contribution in [1.82, 2.24) is 14.5 Å². The van der Waals surface area contributed by atoms with Crippen LogP contribution in [0.3, 0.4) is 0 Å². The third-order valence-corrected chi connectivity index (χ3v) is 4.63. The molecule has 1 N–H and O–H groups in total. The fourth-order valence-corrected chi connectivity index (χ4v) is 2.80. The zero-order valence-corrected chi connectivity index (χ0v) is 15.2. The van der Waals surface area contributed by atoms with E-state index in [0.29, 0.717) is 0 Å². The van der Waals surface area contributed by atoms with Crippen molar-refractivity contribution in [3.63, 3.8) is 0 Å². The number of amides is 1. The molecule has 0 aliphatic carbocycles. The normalized spacial score (nSPS) is 14.2. The van der Waals surface area contributed by atoms with E-state index in [1.807, 2.05) is 0 Å². The van der Waals surface area contributed by atoms with Crippen LogP contribution in [-0.2, 0) is 24.0 Å². The summed E-state index contributed by atoms with van der Waals surface area (Å²) in [6.07, 6.45) is -3.78. The first kappa shape index (κ1) is 19.5. The number of benzene rings is 1. The molecule has 5 nitrogen and oxygen atoms in total. The van der Waals surface area contributed by atoms with E-state index in [-0.39, 0.29) is 6.54 Å². The number of alkyl halides is 3. The lowest BCUT2D eigenvalue weighted by atomic mass is 9.96. The van der Waals surface area contributed by atoms with Gasteiger partial charge in [-0.15, -0.1) is 0 Å². The van der Waals surface area contributed by atoms with Gasteiger partial charge in [-0.25, -0.2) is 4.98 Å². The second kappa shape index (κ2) is 7.17. The number of aryl methyl sites for hydroxylation is 1. The summed E-state index contributed by atoms with van der Waals surface area (Å²) in [5, 5.41) is 10.3. The van der Waals surface area contributed by atoms with Crippen molar-refractivity contribution in [2.45, 2.75) is 24.7 Å². The van der Waals surface area contributed by atoms with Gasteiger partial charge in [0.1, 0.15) is 0 Å². The smallest absolute Gasteiger partial charge is 0.374 e. The third kappa shape index (κ3) is 4.04. The first-order valence-corrected chi connectivity index (χ1v) is 8.10. The predicted octanol–water partition coefficient (Wildman–Crippen LogP) is 2.98. The molecule has 2 rings (SSSR count). The predicted molar refractivity (Wildman–Crippen MR) is 88.4 cm³/mol. The monoisotopic (exact) mass is 419 g/mol. The van der Waals surface area contributed by atoms with E-state index < -0.39 is 29.9 Å². The highest BCUT2D eigenvalue weighted by Gasteiger charge is 2.58. The van der Waals surface area contributed by atoms with E-state index in [1.54, 1.807) is 24.3 Å². The number of aromatic nitrogens is 2. The third-order valence-electron chi connectivity index (χ3n) is 3.86. The number of hydrogen-bond donors (Lipinski definition) is 1. The zero-order valence-electron chi connectivity index (χ0n) is 13.6. The number of imidazole rings is 1. The Morgan fingerprint density at radius 2 is 2.00 bits per heavy atom. The number of carbonyl (C=O) groups is 1. The second-order valence-electron chi connectivity index (χ2n) is 5.74. The summed E-state index contributed by atoms with van der Waals surface area (Å²) in [7, 11) is 2.71. The molecule has 0 spiro atoms. The van der Waals surface area contributed by atoms with Gasteiger partial charge in [0.15, 0.2) is 5.82 Å². The highest BCUT2D eigenvalue weighted by atomic mass is 79.9. The van der Waals surface area contributed by atoms with E-state index in [0.717, 1.165) is 25.7 Å². The van der Waals surface area contributed by atoms with Gasteiger partial charge in [-0.1, -0.05) is 34.1 Å². The zero-order chi connectivity index (χ0) is 18.8. The number of carbonyl (C=O) groups excluding carboxylic acids is 1. The minimum atomic E-state index is -5.05. The van der Waals surface area contributed by atoms with Crippen LogP contribution in [-0.4, -0.2) is 38.7 Å². The number of aliphatic hydroxyl groups is 1. The summed E-state index contributed by atoms with van der Waals surface area (Å²) in [5.41, 5.74) is -2.62. The Morgan fingerprint density at radius 1 is 1.36 bits per heavy atom. The Balaban J connectivity index is 2.23. The van der Waals surface area contributed by atoms with Crippen LogP contribution in [0.5, 0.6) is 0 Å². The molecule has 0 fully saturated rings. The van der Waals surface area contributed by atoms with Crippen LogP contribution in [0.25, 0.3) is 0 Å². The molecular formula is C16H17BrF3N3O2. The molecule has 0 radical (unpaired) electrons. The molecule has 136 valence electrons. The molecule has 1 aromatic heterocycles. The van der Waals surface area contributed by atoms with Crippen LogP contribution < -0.4 is 0 Å². The molecule has 2 aromatic rings. The lowest BCUT2D eigenvalue weighted by Gasteiger charge is -2.31. The van der Waals surface area contributed by atoms with Gasteiger partial charge in [0, 0.05) is 37.5 Å². The molecule has 0 aliphatic rings. The molecule has 0 bridgehead atoms. The average Bonchev–Trinajstić information content (AvgIpc) is 2.94. The summed E-state index contributed by atoms with van der Waals surface area (Å²) in [6, 6.07) is 7.08. The van der Waals surface area contributed by atoms with Gasteiger partial charge in [-0.3, -0.25) is 4.79 Å². The van der Waals surface area contributed by atoms with Crippen LogP contribution in [0.2, 0.25) is 0 Å². The van der Waals surface area contributed by atoms with Crippen molar-refractivity contribution in [2.24, 2.45) is 7.05 Å². The van der Waals surface area contributed by atoms with Crippen LogP contribution in [0, 0.1) is 0 Å². The Morgan fingerprint density at radius 3 is 2.52 bits per heavy atom. The van der Waals surface area contributed by atoms with Gasteiger partial charge < -0.3 is 14.6 Å². The van der Waals surface area contributed by atoms with E-state index in [4.69, 9.17) is 0 Å². The van der Waals surface area contributed by atoms with Crippen molar-refractivity contribution in [1.29, 1.82) is 0 Å². The van der Waals surface area contributed by atoms with Gasteiger partial charge >= 0.3 is 6.18 Å². The van der Waals surface area contributed by atoms with E-state index in [9.17, 15) is 23.1 Å². The van der Waals surface area contributed by atoms with Crippen molar-refractivity contribution in [3.8, 4) is 0 Å². The van der Waals surface area contributed by atoms with E-state index >= 15 is 0 Å². The van der Waals surface area contributed by atoms with Gasteiger partial charge in [0.05, 0.1) is 6.42 Å². The summed E-state index contributed by atoms with van der Waals surface area (Å²) < 4.78 is 42.2. The molecular weight excluding hydrogens is 403 g/mol. The quantitative estimate of drug-likeness (QED) is 0.810. The van der Waals surface area contributed by atoms with E-state index in [2.05, 4.69) is 20.9 Å². The van der Waals surface area contributed by atoms with E-state index in [1.165, 1.54) is 20.3 Å². The lowest BCUT2D eigenvalue weighted by Crippen LogP contribution is -2.48. The highest BCUT2D eigenvalue weighted by Crippen LogP contribution is 2.41. The Kier molecular flexibility index (Phi) is 5.58. The molecule has 0 aliphatic heterocycles. The molecule has 1 amide bonds. The van der Waals surface area contributed by atoms with Crippen molar-refractivity contribution in [2.75, 3.05) is 7.05 Å². The van der Waals surface area contributed by atoms with Gasteiger partial charge in [-0.05, 0) is 11.6 Å². The standard InChI is InChI=1S/C16H17BrF3N3O2/c1-22-8-7-21-14(22)15(25,16(18,19)20)9-13(24)23(2)10-11-5-3-4-6-12(11)17/h3-8,25H,9-10H2,1-2H3. The van der Waals surface area contributed by atoms with Crippen LogP contribution in [0.1, 0.15) is 17.8 Å². The van der Waals surface area contributed by atoms with Crippen molar-refractivity contribution in [3.05, 3.63) is 52.5 Å². The summed E-state index contributed by atoms with van der Waals surface area (Å²) in [5.74, 6) is -1.47. The molecule has 9 heteroatoms. The average molecular weight is 420 g/mol. The maximum absolute atomic E-state index is 13.5. The molecule has 1 unspecified atom stereocenters. The Hall–Kier alpha value is -1.87. The molecule has 0 saturated carbocycles. The van der Waals surface area contributed by atoms with Gasteiger partial charge in [-0.2, -0.15) is 13.2 Å². The van der Waals surface area contributed by atoms with Crippen LogP contribution in [0.4, 0.5) is 13.2 Å². The van der Waals surface area contributed by atoms with Crippen molar-refractivity contribution < 1.29 is 23.1 Å². The fraction of sp³-hybridized carbons (Fsp3) is 0.375. The number of hydrogen-bond acceptors (Lipinski definition) is 3. The lowest BCUT2D eigenvalue weighted by molar-refractivity contribution is -0.271. The molecule has 0 saturated heterocycles. The first-order valence-electron chi connectivity index (χ1n) is 7.30. The minimum Gasteiger partial charge on any atom is -0.374 e. The summed E-state index contributed by atoms with van der Waals surface area (Å²) in [4.78, 5) is 17.1. The number of halogens is 4. The first-order chi connectivity index (χ1) is 11.6. The van der Waals surface area contributed by atoms with Crippen LogP contribution >= 0.6 is 15.9 Å². The van der Waals surface area contributed by atoms with Gasteiger partial charge in [0.25, 0.3) is 0 Å². The topological polar surface area (TPSA) is 58.4 Å². The van der Waals surface area contributed by atoms with Crippen LogP contribution in [0.15, 0.2) is 41.1 Å². The Labute approximate surface area is 151 Å². The number of nitrogens with zero attached hydrogens (tertiary/aromatic N) is 3. The molecule has 25 heavy (non-hydrogen) atoms. The highest BCUT2D eigenvalue weighted by molar-refractivity contribution is 9.10.